The van der Waals surface area contributed by atoms with Crippen LogP contribution in [0.15, 0.2) is 0 Å². The fourth-order valence-electron chi connectivity index (χ4n) is 5.53. The number of hydrogen-bond acceptors (Lipinski definition) is 5. The van der Waals surface area contributed by atoms with E-state index in [-0.39, 0.29) is 5.97 Å². The number of ketones is 1. The molecular formula is C34H66O5. The molecule has 0 N–H and O–H groups in total. The molecule has 0 aromatic rings. The number of carbonyl (C=O) groups is 2. The lowest BCUT2D eigenvalue weighted by Gasteiger charge is -2.45. The maximum absolute atomic E-state index is 13.3. The smallest absolute Gasteiger partial charge is 0.305 e. The second kappa shape index (κ2) is 24.8. The molecule has 0 fully saturated rings. The zero-order valence-corrected chi connectivity index (χ0v) is 27.0. The average Bonchev–Trinajstić information content (AvgIpc) is 2.92. The highest BCUT2D eigenvalue weighted by Crippen LogP contribution is 2.43. The Hall–Kier alpha value is -0.940. The molecule has 5 heteroatoms. The Morgan fingerprint density at radius 1 is 0.590 bits per heavy atom. The zero-order chi connectivity index (χ0) is 29.2. The van der Waals surface area contributed by atoms with Gasteiger partial charge in [0.25, 0.3) is 0 Å². The SMILES string of the molecule is CCCCCCCCCCCCOC(=O)CCCCCOC(C)(CCC)C(C)(CC)C(=O)CCCCCOC. The van der Waals surface area contributed by atoms with Crippen molar-refractivity contribution in [3.63, 3.8) is 0 Å². The molecule has 0 aromatic carbocycles. The van der Waals surface area contributed by atoms with Gasteiger partial charge in [0.1, 0.15) is 5.78 Å². The molecule has 0 bridgehead atoms. The van der Waals surface area contributed by atoms with Gasteiger partial charge in [-0.1, -0.05) is 97.8 Å². The number of unbranched alkanes of at least 4 members (excludes halogenated alkanes) is 13. The third-order valence-electron chi connectivity index (χ3n) is 8.68. The van der Waals surface area contributed by atoms with Gasteiger partial charge in [0.05, 0.1) is 17.6 Å². The summed E-state index contributed by atoms with van der Waals surface area (Å²) in [5, 5.41) is 0. The Morgan fingerprint density at radius 2 is 1.10 bits per heavy atom. The van der Waals surface area contributed by atoms with Gasteiger partial charge in [0.15, 0.2) is 0 Å². The van der Waals surface area contributed by atoms with E-state index in [1.54, 1.807) is 7.11 Å². The second-order valence-corrected chi connectivity index (χ2v) is 12.0. The molecule has 0 saturated carbocycles. The van der Waals surface area contributed by atoms with E-state index in [0.29, 0.717) is 31.8 Å². The number of carbonyl (C=O) groups excluding carboxylic acids is 2. The number of ether oxygens (including phenoxy) is 3. The Bertz CT molecular complexity index is 592. The molecule has 0 radical (unpaired) electrons. The molecule has 0 heterocycles. The number of esters is 1. The summed E-state index contributed by atoms with van der Waals surface area (Å²) in [4.78, 5) is 25.4. The molecule has 0 saturated heterocycles. The van der Waals surface area contributed by atoms with E-state index in [9.17, 15) is 9.59 Å². The van der Waals surface area contributed by atoms with Crippen molar-refractivity contribution in [3.05, 3.63) is 0 Å². The number of hydrogen-bond donors (Lipinski definition) is 0. The molecule has 2 unspecified atom stereocenters. The molecular weight excluding hydrogens is 488 g/mol. The van der Waals surface area contributed by atoms with Crippen molar-refractivity contribution >= 4 is 11.8 Å². The summed E-state index contributed by atoms with van der Waals surface area (Å²) in [7, 11) is 1.72. The molecule has 0 aromatic heterocycles. The number of rotatable bonds is 29. The summed E-state index contributed by atoms with van der Waals surface area (Å²) < 4.78 is 17.0. The number of Topliss-reactive ketones (excluding diaryl/α,β-unsaturated/α-hetero) is 1. The molecule has 5 nitrogen and oxygen atoms in total. The molecule has 39 heavy (non-hydrogen) atoms. The van der Waals surface area contributed by atoms with Gasteiger partial charge in [-0.3, -0.25) is 9.59 Å². The van der Waals surface area contributed by atoms with Crippen molar-refractivity contribution < 1.29 is 23.8 Å². The Labute approximate surface area is 242 Å². The third-order valence-corrected chi connectivity index (χ3v) is 8.68. The van der Waals surface area contributed by atoms with Gasteiger partial charge in [-0.15, -0.1) is 0 Å². The zero-order valence-electron chi connectivity index (χ0n) is 27.0. The highest BCUT2D eigenvalue weighted by Gasteiger charge is 2.48. The minimum atomic E-state index is -0.483. The van der Waals surface area contributed by atoms with Crippen LogP contribution in [-0.4, -0.2) is 44.3 Å². The van der Waals surface area contributed by atoms with Crippen LogP contribution >= 0.6 is 0 Å². The van der Waals surface area contributed by atoms with Crippen LogP contribution < -0.4 is 0 Å². The normalized spacial score (nSPS) is 14.6. The van der Waals surface area contributed by atoms with Crippen LogP contribution in [0.25, 0.3) is 0 Å². The van der Waals surface area contributed by atoms with E-state index in [0.717, 1.165) is 77.2 Å². The predicted octanol–water partition coefficient (Wildman–Crippen LogP) is 9.78. The van der Waals surface area contributed by atoms with Crippen molar-refractivity contribution in [2.24, 2.45) is 5.41 Å². The molecule has 0 aliphatic rings. The van der Waals surface area contributed by atoms with Gasteiger partial charge >= 0.3 is 5.97 Å². The maximum Gasteiger partial charge on any atom is 0.305 e. The summed E-state index contributed by atoms with van der Waals surface area (Å²) in [5.41, 5.74) is -0.948. The molecule has 0 spiro atoms. The van der Waals surface area contributed by atoms with E-state index in [2.05, 4.69) is 34.6 Å². The van der Waals surface area contributed by atoms with Gasteiger partial charge < -0.3 is 14.2 Å². The summed E-state index contributed by atoms with van der Waals surface area (Å²) in [5.74, 6) is 0.251. The second-order valence-electron chi connectivity index (χ2n) is 12.0. The van der Waals surface area contributed by atoms with Gasteiger partial charge in [0, 0.05) is 33.2 Å². The van der Waals surface area contributed by atoms with Crippen molar-refractivity contribution in [2.45, 2.75) is 175 Å². The van der Waals surface area contributed by atoms with E-state index in [1.165, 1.54) is 51.4 Å². The van der Waals surface area contributed by atoms with Crippen molar-refractivity contribution in [1.82, 2.24) is 0 Å². The molecule has 0 aliphatic heterocycles. The first-order valence-electron chi connectivity index (χ1n) is 16.6. The molecule has 2 atom stereocenters. The van der Waals surface area contributed by atoms with Crippen LogP contribution in [0.3, 0.4) is 0 Å². The molecule has 0 rings (SSSR count). The quantitative estimate of drug-likeness (QED) is 0.0680. The van der Waals surface area contributed by atoms with Gasteiger partial charge in [-0.25, -0.2) is 0 Å². The first kappa shape index (κ1) is 38.1. The Kier molecular flexibility index (Phi) is 24.2. The van der Waals surface area contributed by atoms with Crippen LogP contribution in [0.1, 0.15) is 169 Å². The highest BCUT2D eigenvalue weighted by atomic mass is 16.5. The van der Waals surface area contributed by atoms with E-state index < -0.39 is 11.0 Å². The monoisotopic (exact) mass is 554 g/mol. The summed E-state index contributed by atoms with van der Waals surface area (Å²) in [6.07, 6.45) is 22.2. The van der Waals surface area contributed by atoms with Crippen LogP contribution in [0.2, 0.25) is 0 Å². The van der Waals surface area contributed by atoms with E-state index in [1.807, 2.05) is 0 Å². The highest BCUT2D eigenvalue weighted by molar-refractivity contribution is 5.85. The maximum atomic E-state index is 13.3. The van der Waals surface area contributed by atoms with E-state index in [4.69, 9.17) is 14.2 Å². The van der Waals surface area contributed by atoms with Gasteiger partial charge in [-0.05, 0) is 58.8 Å². The third kappa shape index (κ3) is 17.5. The Balaban J connectivity index is 4.13. The minimum absolute atomic E-state index is 0.0719. The molecule has 0 aliphatic carbocycles. The van der Waals surface area contributed by atoms with Crippen LogP contribution in [0.5, 0.6) is 0 Å². The lowest BCUT2D eigenvalue weighted by atomic mass is 9.66. The fraction of sp³-hybridized carbons (Fsp3) is 0.941. The van der Waals surface area contributed by atoms with Crippen molar-refractivity contribution in [3.8, 4) is 0 Å². The first-order valence-corrected chi connectivity index (χ1v) is 16.6. The Morgan fingerprint density at radius 3 is 1.67 bits per heavy atom. The predicted molar refractivity (Wildman–Crippen MR) is 164 cm³/mol. The van der Waals surface area contributed by atoms with E-state index >= 15 is 0 Å². The van der Waals surface area contributed by atoms with Gasteiger partial charge in [-0.2, -0.15) is 0 Å². The largest absolute Gasteiger partial charge is 0.466 e. The fourth-order valence-corrected chi connectivity index (χ4v) is 5.53. The molecule has 0 amide bonds. The average molecular weight is 555 g/mol. The summed E-state index contributed by atoms with van der Waals surface area (Å²) in [6, 6.07) is 0. The van der Waals surface area contributed by atoms with Gasteiger partial charge in [0.2, 0.25) is 0 Å². The topological polar surface area (TPSA) is 61.8 Å². The molecule has 232 valence electrons. The standard InChI is InChI=1S/C34H66O5/c1-7-10-11-12-13-14-15-16-17-23-29-38-32(36)26-21-19-24-30-39-34(5,27-8-2)33(4,9-3)31(35)25-20-18-22-28-37-6/h7-30H2,1-6H3. The van der Waals surface area contributed by atoms with Crippen LogP contribution in [0.4, 0.5) is 0 Å². The summed E-state index contributed by atoms with van der Waals surface area (Å²) in [6.45, 7) is 12.7. The first-order chi connectivity index (χ1) is 18.8. The lowest BCUT2D eigenvalue weighted by molar-refractivity contribution is -0.159. The van der Waals surface area contributed by atoms with Crippen molar-refractivity contribution in [1.29, 1.82) is 0 Å². The van der Waals surface area contributed by atoms with Crippen LogP contribution in [-0.2, 0) is 23.8 Å². The van der Waals surface area contributed by atoms with Crippen molar-refractivity contribution in [2.75, 3.05) is 26.9 Å². The van der Waals surface area contributed by atoms with Crippen LogP contribution in [0, 0.1) is 5.41 Å². The summed E-state index contributed by atoms with van der Waals surface area (Å²) >= 11 is 0. The number of methoxy groups -OCH3 is 1. The lowest BCUT2D eigenvalue weighted by Crippen LogP contribution is -2.51. The minimum Gasteiger partial charge on any atom is -0.466 e.